The molecule has 1 N–H and O–H groups in total. The first kappa shape index (κ1) is 26.3. The van der Waals surface area contributed by atoms with Crippen LogP contribution >= 0.6 is 0 Å². The van der Waals surface area contributed by atoms with Crippen LogP contribution in [0.4, 0.5) is 5.69 Å². The van der Waals surface area contributed by atoms with Gasteiger partial charge in [0.2, 0.25) is 5.91 Å². The molecule has 1 aliphatic carbocycles. The van der Waals surface area contributed by atoms with E-state index in [4.69, 9.17) is 4.74 Å². The van der Waals surface area contributed by atoms with E-state index < -0.39 is 23.7 Å². The SMILES string of the molecule is O=C(Cn1c(=O)c2c(ncn2C2CCCC2)n(Cc2ccccc2)c1=O)Nc1ccc(OCc2ccccc2)cc1. The molecule has 2 aromatic heterocycles. The molecule has 2 heterocycles. The molecule has 208 valence electrons. The van der Waals surface area contributed by atoms with Gasteiger partial charge in [-0.25, -0.2) is 14.3 Å². The predicted octanol–water partition coefficient (Wildman–Crippen LogP) is 4.74. The zero-order valence-electron chi connectivity index (χ0n) is 22.6. The Morgan fingerprint density at radius 3 is 2.20 bits per heavy atom. The van der Waals surface area contributed by atoms with Crippen molar-refractivity contribution in [1.82, 2.24) is 18.7 Å². The summed E-state index contributed by atoms with van der Waals surface area (Å²) in [5, 5.41) is 2.80. The Balaban J connectivity index is 1.25. The Hall–Kier alpha value is -4.92. The van der Waals surface area contributed by atoms with Crippen LogP contribution in [-0.2, 0) is 24.5 Å². The van der Waals surface area contributed by atoms with Crippen molar-refractivity contribution in [2.45, 2.75) is 51.4 Å². The number of fused-ring (bicyclic) bond motifs is 1. The van der Waals surface area contributed by atoms with Crippen molar-refractivity contribution in [3.8, 4) is 5.75 Å². The number of hydrogen-bond donors (Lipinski definition) is 1. The van der Waals surface area contributed by atoms with E-state index in [-0.39, 0.29) is 12.6 Å². The standard InChI is InChI=1S/C32H31N5O4/c38-28(34-25-15-17-27(18-16-25)41-21-24-11-5-2-6-12-24)20-36-31(39)29-30(33-22-37(29)26-13-7-8-14-26)35(32(36)40)19-23-9-3-1-4-10-23/h1-6,9-12,15-18,22,26H,7-8,13-14,19-21H2,(H,34,38). The predicted molar refractivity (Wildman–Crippen MR) is 157 cm³/mol. The van der Waals surface area contributed by atoms with Gasteiger partial charge in [0.15, 0.2) is 11.2 Å². The van der Waals surface area contributed by atoms with Gasteiger partial charge in [-0.1, -0.05) is 73.5 Å². The Morgan fingerprint density at radius 2 is 1.51 bits per heavy atom. The molecular weight excluding hydrogens is 518 g/mol. The lowest BCUT2D eigenvalue weighted by atomic mass is 10.2. The molecule has 1 fully saturated rings. The minimum atomic E-state index is -0.567. The fraction of sp³-hybridized carbons (Fsp3) is 0.250. The lowest BCUT2D eigenvalue weighted by molar-refractivity contribution is -0.116. The molecule has 0 saturated heterocycles. The Labute approximate surface area is 236 Å². The lowest BCUT2D eigenvalue weighted by Crippen LogP contribution is -2.43. The zero-order chi connectivity index (χ0) is 28.2. The molecule has 0 bridgehead atoms. The Kier molecular flexibility index (Phi) is 7.49. The molecule has 9 nitrogen and oxygen atoms in total. The van der Waals surface area contributed by atoms with Gasteiger partial charge in [-0.2, -0.15) is 0 Å². The molecule has 6 rings (SSSR count). The number of nitrogens with one attached hydrogen (secondary N) is 1. The van der Waals surface area contributed by atoms with Gasteiger partial charge in [0.1, 0.15) is 18.9 Å². The molecule has 1 aliphatic rings. The highest BCUT2D eigenvalue weighted by atomic mass is 16.5. The van der Waals surface area contributed by atoms with Crippen molar-refractivity contribution in [3.63, 3.8) is 0 Å². The van der Waals surface area contributed by atoms with E-state index in [1.165, 1.54) is 4.57 Å². The summed E-state index contributed by atoms with van der Waals surface area (Å²) in [5.74, 6) is 0.192. The van der Waals surface area contributed by atoms with Crippen LogP contribution in [0.3, 0.4) is 0 Å². The summed E-state index contributed by atoms with van der Waals surface area (Å²) in [6.07, 6.45) is 5.73. The third kappa shape index (κ3) is 5.70. The number of aromatic nitrogens is 4. The van der Waals surface area contributed by atoms with Crippen LogP contribution in [0.2, 0.25) is 0 Å². The van der Waals surface area contributed by atoms with Gasteiger partial charge < -0.3 is 14.6 Å². The molecule has 0 spiro atoms. The van der Waals surface area contributed by atoms with Crippen LogP contribution in [-0.4, -0.2) is 24.6 Å². The number of amides is 1. The van der Waals surface area contributed by atoms with Crippen LogP contribution in [0.1, 0.15) is 42.9 Å². The summed E-state index contributed by atoms with van der Waals surface area (Å²) in [6, 6.07) is 26.5. The van der Waals surface area contributed by atoms with Crippen molar-refractivity contribution in [3.05, 3.63) is 123 Å². The fourth-order valence-electron chi connectivity index (χ4n) is 5.43. The van der Waals surface area contributed by atoms with Crippen molar-refractivity contribution >= 4 is 22.8 Å². The summed E-state index contributed by atoms with van der Waals surface area (Å²) in [4.78, 5) is 45.0. The first-order chi connectivity index (χ1) is 20.1. The maximum Gasteiger partial charge on any atom is 0.333 e. The van der Waals surface area contributed by atoms with Gasteiger partial charge >= 0.3 is 5.69 Å². The van der Waals surface area contributed by atoms with Gasteiger partial charge in [-0.3, -0.25) is 14.2 Å². The third-order valence-electron chi connectivity index (χ3n) is 7.53. The first-order valence-corrected chi connectivity index (χ1v) is 13.9. The summed E-state index contributed by atoms with van der Waals surface area (Å²) in [7, 11) is 0. The smallest absolute Gasteiger partial charge is 0.333 e. The van der Waals surface area contributed by atoms with Gasteiger partial charge in [-0.15, -0.1) is 0 Å². The zero-order valence-corrected chi connectivity index (χ0v) is 22.6. The normalized spacial score (nSPS) is 13.5. The summed E-state index contributed by atoms with van der Waals surface area (Å²) < 4.78 is 10.2. The Morgan fingerprint density at radius 1 is 0.854 bits per heavy atom. The summed E-state index contributed by atoms with van der Waals surface area (Å²) in [6.45, 7) is 0.263. The quantitative estimate of drug-likeness (QED) is 0.286. The molecule has 0 unspecified atom stereocenters. The number of rotatable bonds is 9. The van der Waals surface area contributed by atoms with Crippen molar-refractivity contribution in [1.29, 1.82) is 0 Å². The number of benzene rings is 3. The van der Waals surface area contributed by atoms with E-state index in [2.05, 4.69) is 10.3 Å². The monoisotopic (exact) mass is 549 g/mol. The summed E-state index contributed by atoms with van der Waals surface area (Å²) >= 11 is 0. The highest BCUT2D eigenvalue weighted by Crippen LogP contribution is 2.31. The minimum Gasteiger partial charge on any atom is -0.489 e. The second-order valence-corrected chi connectivity index (χ2v) is 10.4. The Bertz CT molecular complexity index is 1770. The third-order valence-corrected chi connectivity index (χ3v) is 7.53. The molecular formula is C32H31N5O4. The molecule has 5 aromatic rings. The topological polar surface area (TPSA) is 100 Å². The van der Waals surface area contributed by atoms with Gasteiger partial charge in [0.25, 0.3) is 5.56 Å². The van der Waals surface area contributed by atoms with E-state index in [0.717, 1.165) is 41.4 Å². The van der Waals surface area contributed by atoms with Crippen LogP contribution in [0.15, 0.2) is 101 Å². The molecule has 9 heteroatoms. The van der Waals surface area contributed by atoms with E-state index in [0.29, 0.717) is 29.2 Å². The maximum atomic E-state index is 13.7. The number of ether oxygens (including phenoxy) is 1. The molecule has 1 amide bonds. The maximum absolute atomic E-state index is 13.7. The van der Waals surface area contributed by atoms with Crippen LogP contribution in [0.25, 0.3) is 11.2 Å². The number of imidazole rings is 1. The highest BCUT2D eigenvalue weighted by Gasteiger charge is 2.25. The highest BCUT2D eigenvalue weighted by molar-refractivity contribution is 5.90. The van der Waals surface area contributed by atoms with E-state index in [1.54, 1.807) is 30.6 Å². The molecule has 1 saturated carbocycles. The molecule has 0 radical (unpaired) electrons. The number of carbonyl (C=O) groups excluding carboxylic acids is 1. The van der Waals surface area contributed by atoms with Crippen LogP contribution in [0.5, 0.6) is 5.75 Å². The average Bonchev–Trinajstić information content (AvgIpc) is 3.69. The molecule has 0 atom stereocenters. The van der Waals surface area contributed by atoms with Crippen LogP contribution < -0.4 is 21.3 Å². The lowest BCUT2D eigenvalue weighted by Gasteiger charge is -2.15. The average molecular weight is 550 g/mol. The molecule has 0 aliphatic heterocycles. The van der Waals surface area contributed by atoms with Gasteiger partial charge in [0, 0.05) is 11.7 Å². The van der Waals surface area contributed by atoms with Crippen molar-refractivity contribution in [2.24, 2.45) is 0 Å². The molecule has 41 heavy (non-hydrogen) atoms. The number of nitrogens with zero attached hydrogens (tertiary/aromatic N) is 4. The number of anilines is 1. The van der Waals surface area contributed by atoms with E-state index >= 15 is 0 Å². The first-order valence-electron chi connectivity index (χ1n) is 13.9. The largest absolute Gasteiger partial charge is 0.489 e. The minimum absolute atomic E-state index is 0.153. The van der Waals surface area contributed by atoms with E-state index in [1.807, 2.05) is 65.2 Å². The van der Waals surface area contributed by atoms with Gasteiger partial charge in [-0.05, 0) is 48.2 Å². The van der Waals surface area contributed by atoms with Crippen LogP contribution in [0, 0.1) is 0 Å². The molecule has 3 aromatic carbocycles. The van der Waals surface area contributed by atoms with Crippen molar-refractivity contribution < 1.29 is 9.53 Å². The number of hydrogen-bond acceptors (Lipinski definition) is 5. The summed E-state index contributed by atoms with van der Waals surface area (Å²) in [5.41, 5.74) is 2.13. The fourth-order valence-corrected chi connectivity index (χ4v) is 5.43. The van der Waals surface area contributed by atoms with Gasteiger partial charge in [0.05, 0.1) is 12.9 Å². The van der Waals surface area contributed by atoms with Crippen molar-refractivity contribution in [2.75, 3.05) is 5.32 Å². The van der Waals surface area contributed by atoms with E-state index in [9.17, 15) is 14.4 Å². The second-order valence-electron chi connectivity index (χ2n) is 10.4. The second kappa shape index (κ2) is 11.7. The number of carbonyl (C=O) groups is 1.